The van der Waals surface area contributed by atoms with Gasteiger partial charge in [0.15, 0.2) is 0 Å². The molecule has 2 rings (SSSR count). The lowest BCUT2D eigenvalue weighted by molar-refractivity contribution is -0.111. The molecule has 180 valence electrons. The van der Waals surface area contributed by atoms with E-state index >= 15 is 0 Å². The van der Waals surface area contributed by atoms with Crippen LogP contribution in [0, 0.1) is 0 Å². The van der Waals surface area contributed by atoms with Gasteiger partial charge in [0.05, 0.1) is 18.7 Å². The number of hydrogen-bond acceptors (Lipinski definition) is 5. The Bertz CT molecular complexity index is 911. The Morgan fingerprint density at radius 2 is 1.94 bits per heavy atom. The van der Waals surface area contributed by atoms with Crippen molar-refractivity contribution in [3.63, 3.8) is 0 Å². The van der Waals surface area contributed by atoms with E-state index in [1.807, 2.05) is 0 Å². The fourth-order valence-electron chi connectivity index (χ4n) is 3.47. The second-order valence-corrected chi connectivity index (χ2v) is 8.63. The van der Waals surface area contributed by atoms with Crippen molar-refractivity contribution >= 4 is 23.7 Å². The maximum absolute atomic E-state index is 12.9. The van der Waals surface area contributed by atoms with Crippen LogP contribution in [0.3, 0.4) is 0 Å². The van der Waals surface area contributed by atoms with Gasteiger partial charge in [0.2, 0.25) is 0 Å². The van der Waals surface area contributed by atoms with E-state index in [-0.39, 0.29) is 6.61 Å². The molecule has 33 heavy (non-hydrogen) atoms. The van der Waals surface area contributed by atoms with E-state index in [0.29, 0.717) is 13.2 Å². The summed E-state index contributed by atoms with van der Waals surface area (Å²) in [5.74, 6) is 0. The molecule has 0 atom stereocenters. The van der Waals surface area contributed by atoms with Crippen LogP contribution in [-0.4, -0.2) is 48.6 Å². The number of nitrogens with zero attached hydrogens (tertiary/aromatic N) is 2. The summed E-state index contributed by atoms with van der Waals surface area (Å²) in [5, 5.41) is 0.936. The van der Waals surface area contributed by atoms with E-state index in [1.54, 1.807) is 19.2 Å². The Morgan fingerprint density at radius 3 is 2.58 bits per heavy atom. The summed E-state index contributed by atoms with van der Waals surface area (Å²) in [7, 11) is 0. The van der Waals surface area contributed by atoms with E-state index in [9.17, 15) is 18.0 Å². The molecule has 0 saturated carbocycles. The second kappa shape index (κ2) is 14.1. The average Bonchev–Trinajstić information content (AvgIpc) is 3.12. The van der Waals surface area contributed by atoms with Crippen molar-refractivity contribution in [3.05, 3.63) is 69.3 Å². The highest BCUT2D eigenvalue weighted by molar-refractivity contribution is 7.12. The third kappa shape index (κ3) is 9.61. The summed E-state index contributed by atoms with van der Waals surface area (Å²) in [4.78, 5) is 18.0. The summed E-state index contributed by atoms with van der Waals surface area (Å²) in [6.07, 6.45) is 11.7. The van der Waals surface area contributed by atoms with Gasteiger partial charge < -0.3 is 9.53 Å². The van der Waals surface area contributed by atoms with Crippen LogP contribution in [0.5, 0.6) is 0 Å². The average molecular weight is 481 g/mol. The minimum atomic E-state index is -4.37. The fourth-order valence-corrected chi connectivity index (χ4v) is 4.35. The Labute approximate surface area is 197 Å². The number of thiazole rings is 1. The number of aldehydes is 1. The van der Waals surface area contributed by atoms with Crippen molar-refractivity contribution in [2.45, 2.75) is 45.8 Å². The summed E-state index contributed by atoms with van der Waals surface area (Å²) in [6, 6.07) is 0. The van der Waals surface area contributed by atoms with Crippen LogP contribution < -0.4 is 0 Å². The predicted octanol–water partition coefficient (Wildman–Crippen LogP) is 6.30. The van der Waals surface area contributed by atoms with Gasteiger partial charge in [-0.1, -0.05) is 37.3 Å². The third-order valence-corrected chi connectivity index (χ3v) is 5.98. The number of allylic oxidation sites excluding steroid dienone is 6. The summed E-state index contributed by atoms with van der Waals surface area (Å²) in [6.45, 7) is 6.70. The Morgan fingerprint density at radius 1 is 1.21 bits per heavy atom. The number of halogens is 3. The molecular weight excluding hydrogens is 449 g/mol. The molecule has 1 aromatic heterocycles. The molecule has 0 N–H and O–H groups in total. The standard InChI is InChI=1S/C25H31F3N2O2S/c1-3-6-20-10-13-30(14-11-21(20)12-16-32-17-15-31)19-24-29-18-23(33-24)9-5-8-22(7-4-2)25(26,27)28/h4-9,12,15,18H,3,10-11,13-14,16-17,19H2,1-2H3/b7-4-,9-5+,20-6-,21-12-,22-8+. The minimum absolute atomic E-state index is 0.103. The first-order valence-electron chi connectivity index (χ1n) is 11.0. The lowest BCUT2D eigenvalue weighted by Gasteiger charge is -2.17. The highest BCUT2D eigenvalue weighted by Gasteiger charge is 2.30. The number of aromatic nitrogens is 1. The number of ether oxygens (including phenoxy) is 1. The van der Waals surface area contributed by atoms with Gasteiger partial charge in [0.1, 0.15) is 17.9 Å². The van der Waals surface area contributed by atoms with Gasteiger partial charge in [-0.2, -0.15) is 13.2 Å². The second-order valence-electron chi connectivity index (χ2n) is 7.48. The molecule has 1 aliphatic heterocycles. The van der Waals surface area contributed by atoms with E-state index in [4.69, 9.17) is 4.74 Å². The van der Waals surface area contributed by atoms with Crippen molar-refractivity contribution in [3.8, 4) is 0 Å². The van der Waals surface area contributed by atoms with E-state index < -0.39 is 11.7 Å². The molecule has 0 aliphatic carbocycles. The highest BCUT2D eigenvalue weighted by Crippen LogP contribution is 2.27. The molecule has 1 saturated heterocycles. The molecule has 0 unspecified atom stereocenters. The quantitative estimate of drug-likeness (QED) is 0.224. The Kier molecular flexibility index (Phi) is 11.5. The monoisotopic (exact) mass is 480 g/mol. The van der Waals surface area contributed by atoms with Gasteiger partial charge in [-0.15, -0.1) is 11.3 Å². The zero-order valence-electron chi connectivity index (χ0n) is 19.1. The molecule has 4 nitrogen and oxygen atoms in total. The maximum Gasteiger partial charge on any atom is 0.416 e. The molecule has 1 aliphatic rings. The number of carbonyl (C=O) groups is 1. The molecule has 0 aromatic carbocycles. The first kappa shape index (κ1) is 27.0. The highest BCUT2D eigenvalue weighted by atomic mass is 32.1. The fraction of sp³-hybridized carbons (Fsp3) is 0.440. The van der Waals surface area contributed by atoms with Crippen LogP contribution in [0.2, 0.25) is 0 Å². The number of likely N-dealkylation sites (tertiary alicyclic amines) is 1. The Hall–Kier alpha value is -2.29. The zero-order valence-corrected chi connectivity index (χ0v) is 19.9. The normalized spacial score (nSPS) is 19.2. The predicted molar refractivity (Wildman–Crippen MR) is 128 cm³/mol. The first-order chi connectivity index (χ1) is 15.9. The van der Waals surface area contributed by atoms with E-state index in [0.717, 1.165) is 60.7 Å². The molecule has 1 fully saturated rings. The molecule has 1 aromatic rings. The first-order valence-corrected chi connectivity index (χ1v) is 11.8. The topological polar surface area (TPSA) is 42.4 Å². The maximum atomic E-state index is 12.9. The van der Waals surface area contributed by atoms with Crippen LogP contribution >= 0.6 is 11.3 Å². The SMILES string of the molecule is C\C=C/C(=C\C=C\c1cnc(CN2CCC(=C/CC)/C(=C\COCC=O)CC2)s1)C(F)(F)F. The van der Waals surface area contributed by atoms with Crippen molar-refractivity contribution in [1.29, 1.82) is 0 Å². The number of rotatable bonds is 10. The molecule has 0 spiro atoms. The van der Waals surface area contributed by atoms with Gasteiger partial charge >= 0.3 is 6.18 Å². The van der Waals surface area contributed by atoms with E-state index in [2.05, 4.69) is 29.0 Å². The van der Waals surface area contributed by atoms with Crippen molar-refractivity contribution < 1.29 is 22.7 Å². The van der Waals surface area contributed by atoms with Crippen LogP contribution in [-0.2, 0) is 16.1 Å². The van der Waals surface area contributed by atoms with Gasteiger partial charge in [0, 0.05) is 24.2 Å². The van der Waals surface area contributed by atoms with Gasteiger partial charge in [-0.25, -0.2) is 4.98 Å². The summed E-state index contributed by atoms with van der Waals surface area (Å²) >= 11 is 1.49. The summed E-state index contributed by atoms with van der Waals surface area (Å²) in [5.41, 5.74) is 1.90. The van der Waals surface area contributed by atoms with Gasteiger partial charge in [-0.3, -0.25) is 4.90 Å². The molecule has 0 amide bonds. The van der Waals surface area contributed by atoms with Crippen LogP contribution in [0.1, 0.15) is 43.0 Å². The molecular formula is C25H31F3N2O2S. The van der Waals surface area contributed by atoms with Crippen molar-refractivity contribution in [2.75, 3.05) is 26.3 Å². The number of alkyl halides is 3. The van der Waals surface area contributed by atoms with Crippen LogP contribution in [0.15, 0.2) is 59.4 Å². The number of hydrogen-bond donors (Lipinski definition) is 0. The van der Waals surface area contributed by atoms with E-state index in [1.165, 1.54) is 34.6 Å². The lowest BCUT2D eigenvalue weighted by atomic mass is 10.00. The lowest BCUT2D eigenvalue weighted by Crippen LogP contribution is -2.23. The smallest absolute Gasteiger partial charge is 0.370 e. The van der Waals surface area contributed by atoms with Crippen LogP contribution in [0.25, 0.3) is 6.08 Å². The zero-order chi connectivity index (χ0) is 24.1. The van der Waals surface area contributed by atoms with Crippen LogP contribution in [0.4, 0.5) is 13.2 Å². The van der Waals surface area contributed by atoms with Crippen molar-refractivity contribution in [1.82, 2.24) is 9.88 Å². The third-order valence-electron chi connectivity index (χ3n) is 5.03. The molecule has 0 bridgehead atoms. The van der Waals surface area contributed by atoms with Gasteiger partial charge in [-0.05, 0) is 49.5 Å². The van der Waals surface area contributed by atoms with Crippen molar-refractivity contribution in [2.24, 2.45) is 0 Å². The summed E-state index contributed by atoms with van der Waals surface area (Å²) < 4.78 is 44.1. The van der Waals surface area contributed by atoms with Gasteiger partial charge in [0.25, 0.3) is 0 Å². The minimum Gasteiger partial charge on any atom is -0.370 e. The molecule has 8 heteroatoms. The molecule has 0 radical (unpaired) electrons. The number of carbonyl (C=O) groups excluding carboxylic acids is 1. The largest absolute Gasteiger partial charge is 0.416 e. The Balaban J connectivity index is 2.00. The molecule has 2 heterocycles.